The number of benzene rings is 1. The molecule has 0 aliphatic heterocycles. The molecule has 0 amide bonds. The van der Waals surface area contributed by atoms with Crippen molar-refractivity contribution in [1.82, 2.24) is 0 Å². The maximum absolute atomic E-state index is 10.8. The monoisotopic (exact) mass is 205 g/mol. The smallest absolute Gasteiger partial charge is 0.350 e. The summed E-state index contributed by atoms with van der Waals surface area (Å²) in [5, 5.41) is 15.7. The zero-order valence-corrected chi connectivity index (χ0v) is 7.97. The number of guanidine groups is 1. The van der Waals surface area contributed by atoms with Crippen molar-refractivity contribution in [3.05, 3.63) is 35.9 Å². The first-order valence-electron chi connectivity index (χ1n) is 4.28. The van der Waals surface area contributed by atoms with Gasteiger partial charge in [-0.15, -0.1) is 0 Å². The first-order chi connectivity index (χ1) is 7.09. The summed E-state index contributed by atoms with van der Waals surface area (Å²) in [7, 11) is 0. The lowest BCUT2D eigenvalue weighted by Gasteiger charge is -2.00. The van der Waals surface area contributed by atoms with Gasteiger partial charge in [0.05, 0.1) is 0 Å². The molecule has 0 atom stereocenters. The maximum Gasteiger partial charge on any atom is 0.350 e. The molecule has 5 nitrogen and oxygen atoms in total. The van der Waals surface area contributed by atoms with Crippen LogP contribution in [0.5, 0.6) is 0 Å². The Morgan fingerprint density at radius 2 is 2.00 bits per heavy atom. The Bertz CT molecular complexity index is 398. The van der Waals surface area contributed by atoms with E-state index in [1.165, 1.54) is 0 Å². The van der Waals surface area contributed by atoms with Gasteiger partial charge in [0.25, 0.3) is 0 Å². The number of hydrogen-bond acceptors (Lipinski definition) is 2. The number of carbonyl (C=O) groups is 1. The van der Waals surface area contributed by atoms with Crippen molar-refractivity contribution in [2.75, 3.05) is 0 Å². The van der Waals surface area contributed by atoms with Crippen molar-refractivity contribution in [3.63, 3.8) is 0 Å². The van der Waals surface area contributed by atoms with Crippen LogP contribution in [0.2, 0.25) is 0 Å². The van der Waals surface area contributed by atoms with E-state index in [2.05, 4.69) is 4.99 Å². The number of aliphatic imine (C=N–C) groups is 1. The molecule has 1 aromatic rings. The average molecular weight is 205 g/mol. The van der Waals surface area contributed by atoms with Crippen LogP contribution in [0.1, 0.15) is 5.56 Å². The van der Waals surface area contributed by atoms with Gasteiger partial charge in [-0.3, -0.25) is 5.41 Å². The van der Waals surface area contributed by atoms with Crippen LogP contribution in [0.15, 0.2) is 35.3 Å². The maximum atomic E-state index is 10.8. The largest absolute Gasteiger partial charge is 0.477 e. The van der Waals surface area contributed by atoms with Crippen LogP contribution < -0.4 is 5.73 Å². The molecular formula is C10H11N3O2. The summed E-state index contributed by atoms with van der Waals surface area (Å²) < 4.78 is 0. The molecule has 0 fully saturated rings. The molecule has 0 aliphatic carbocycles. The van der Waals surface area contributed by atoms with Crippen LogP contribution >= 0.6 is 0 Å². The molecule has 0 aromatic heterocycles. The van der Waals surface area contributed by atoms with Gasteiger partial charge in [-0.1, -0.05) is 30.3 Å². The Balaban J connectivity index is 2.86. The zero-order valence-electron chi connectivity index (χ0n) is 7.97. The molecule has 0 saturated carbocycles. The molecule has 1 aromatic carbocycles. The Morgan fingerprint density at radius 1 is 1.40 bits per heavy atom. The van der Waals surface area contributed by atoms with E-state index >= 15 is 0 Å². The number of aliphatic carboxylic acids is 1. The minimum atomic E-state index is -1.16. The van der Waals surface area contributed by atoms with E-state index in [1.54, 1.807) is 12.1 Å². The molecule has 0 saturated heterocycles. The van der Waals surface area contributed by atoms with E-state index < -0.39 is 11.9 Å². The Morgan fingerprint density at radius 3 is 2.47 bits per heavy atom. The van der Waals surface area contributed by atoms with E-state index in [0.29, 0.717) is 0 Å². The van der Waals surface area contributed by atoms with Gasteiger partial charge in [-0.25, -0.2) is 9.79 Å². The molecule has 15 heavy (non-hydrogen) atoms. The number of carboxylic acid groups (broad SMARTS) is 1. The van der Waals surface area contributed by atoms with Gasteiger partial charge in [0, 0.05) is 6.42 Å². The van der Waals surface area contributed by atoms with Gasteiger partial charge in [-0.05, 0) is 5.56 Å². The molecule has 0 spiro atoms. The van der Waals surface area contributed by atoms with Crippen LogP contribution in [-0.2, 0) is 11.2 Å². The fourth-order valence-corrected chi connectivity index (χ4v) is 1.10. The third-order valence-corrected chi connectivity index (χ3v) is 1.72. The van der Waals surface area contributed by atoms with Crippen molar-refractivity contribution in [2.24, 2.45) is 10.7 Å². The van der Waals surface area contributed by atoms with Crippen molar-refractivity contribution in [3.8, 4) is 0 Å². The highest BCUT2D eigenvalue weighted by atomic mass is 16.4. The van der Waals surface area contributed by atoms with Crippen LogP contribution in [0.4, 0.5) is 0 Å². The lowest BCUT2D eigenvalue weighted by Crippen LogP contribution is -2.20. The first-order valence-corrected chi connectivity index (χ1v) is 4.28. The van der Waals surface area contributed by atoms with Crippen molar-refractivity contribution >= 4 is 17.6 Å². The Hall–Kier alpha value is -2.17. The first kappa shape index (κ1) is 10.9. The predicted octanol–water partition coefficient (Wildman–Crippen LogP) is 0.648. The summed E-state index contributed by atoms with van der Waals surface area (Å²) in [5.74, 6) is -1.66. The van der Waals surface area contributed by atoms with Crippen molar-refractivity contribution in [1.29, 1.82) is 5.41 Å². The lowest BCUT2D eigenvalue weighted by molar-refractivity contribution is -0.129. The minimum Gasteiger partial charge on any atom is -0.477 e. The Kier molecular flexibility index (Phi) is 3.56. The van der Waals surface area contributed by atoms with Gasteiger partial charge >= 0.3 is 5.97 Å². The normalized spacial score (nSPS) is 11.1. The predicted molar refractivity (Wildman–Crippen MR) is 57.1 cm³/mol. The van der Waals surface area contributed by atoms with Crippen LogP contribution in [0.25, 0.3) is 0 Å². The van der Waals surface area contributed by atoms with E-state index in [-0.39, 0.29) is 12.1 Å². The Labute approximate surface area is 86.8 Å². The van der Waals surface area contributed by atoms with E-state index in [9.17, 15) is 4.79 Å². The average Bonchev–Trinajstić information content (AvgIpc) is 2.17. The van der Waals surface area contributed by atoms with Crippen LogP contribution in [0, 0.1) is 5.41 Å². The van der Waals surface area contributed by atoms with Crippen molar-refractivity contribution < 1.29 is 9.90 Å². The second kappa shape index (κ2) is 4.90. The highest BCUT2D eigenvalue weighted by Gasteiger charge is 2.10. The van der Waals surface area contributed by atoms with Gasteiger partial charge in [-0.2, -0.15) is 0 Å². The van der Waals surface area contributed by atoms with Gasteiger partial charge in [0.1, 0.15) is 5.71 Å². The van der Waals surface area contributed by atoms with Crippen molar-refractivity contribution in [2.45, 2.75) is 6.42 Å². The summed E-state index contributed by atoms with van der Waals surface area (Å²) >= 11 is 0. The summed E-state index contributed by atoms with van der Waals surface area (Å²) in [6.45, 7) is 0. The van der Waals surface area contributed by atoms with Gasteiger partial charge in [0.15, 0.2) is 0 Å². The highest BCUT2D eigenvalue weighted by Crippen LogP contribution is 2.01. The summed E-state index contributed by atoms with van der Waals surface area (Å²) in [4.78, 5) is 14.2. The molecule has 0 bridgehead atoms. The number of rotatable bonds is 3. The standard InChI is InChI=1S/C10H11N3O2/c11-10(12)13-8(9(14)15)6-7-4-2-1-3-5-7/h1-5H,6H2,(H3,11,12)(H,14,15). The number of nitrogens with two attached hydrogens (primary N) is 1. The quantitative estimate of drug-likeness (QED) is 0.499. The highest BCUT2D eigenvalue weighted by molar-refractivity contribution is 6.37. The number of hydrogen-bond donors (Lipinski definition) is 3. The molecule has 4 N–H and O–H groups in total. The summed E-state index contributed by atoms with van der Waals surface area (Å²) in [6.07, 6.45) is 0.162. The molecule has 0 radical (unpaired) electrons. The van der Waals surface area contributed by atoms with Gasteiger partial charge in [0.2, 0.25) is 5.96 Å². The molecule has 0 unspecified atom stereocenters. The molecule has 0 heterocycles. The van der Waals surface area contributed by atoms with E-state index in [0.717, 1.165) is 5.56 Å². The summed E-state index contributed by atoms with van der Waals surface area (Å²) in [6, 6.07) is 9.04. The van der Waals surface area contributed by atoms with Crippen LogP contribution in [-0.4, -0.2) is 22.7 Å². The fourth-order valence-electron chi connectivity index (χ4n) is 1.10. The van der Waals surface area contributed by atoms with E-state index in [1.807, 2.05) is 18.2 Å². The molecular weight excluding hydrogens is 194 g/mol. The number of nitrogens with zero attached hydrogens (tertiary/aromatic N) is 1. The van der Waals surface area contributed by atoms with E-state index in [4.69, 9.17) is 16.2 Å². The summed E-state index contributed by atoms with van der Waals surface area (Å²) in [5.41, 5.74) is 5.71. The lowest BCUT2D eigenvalue weighted by atomic mass is 10.1. The second-order valence-electron chi connectivity index (χ2n) is 2.91. The third-order valence-electron chi connectivity index (χ3n) is 1.72. The zero-order chi connectivity index (χ0) is 11.3. The third kappa shape index (κ3) is 3.60. The number of carboxylic acids is 1. The number of nitrogens with one attached hydrogen (secondary N) is 1. The SMILES string of the molecule is N=C(N)N=C(Cc1ccccc1)C(=O)O. The molecule has 0 aliphatic rings. The molecule has 5 heteroatoms. The van der Waals surface area contributed by atoms with Gasteiger partial charge < -0.3 is 10.8 Å². The van der Waals surface area contributed by atoms with Crippen LogP contribution in [0.3, 0.4) is 0 Å². The molecule has 1 rings (SSSR count). The topological polar surface area (TPSA) is 99.5 Å². The minimum absolute atomic E-state index is 0.131. The fraction of sp³-hybridized carbons (Fsp3) is 0.100. The second-order valence-corrected chi connectivity index (χ2v) is 2.91. The molecule has 78 valence electrons.